The highest BCUT2D eigenvalue weighted by atomic mass is 32.2. The molecule has 2 aromatic carbocycles. The van der Waals surface area contributed by atoms with Crippen LogP contribution in [0.25, 0.3) is 0 Å². The Bertz CT molecular complexity index is 1160. The summed E-state index contributed by atoms with van der Waals surface area (Å²) >= 11 is 0. The Hall–Kier alpha value is -2.27. The zero-order valence-electron chi connectivity index (χ0n) is 19.1. The number of rotatable bonds is 8. The highest BCUT2D eigenvalue weighted by Gasteiger charge is 2.31. The van der Waals surface area contributed by atoms with Gasteiger partial charge in [-0.3, -0.25) is 4.79 Å². The SMILES string of the molecule is CC(C)N(C)S(=O)(=O)c1ccc(NC(=O)C2CCN(S(=O)(=O)Cc3ccccc3)CC2)cc1. The van der Waals surface area contributed by atoms with Crippen molar-refractivity contribution in [2.24, 2.45) is 5.92 Å². The smallest absolute Gasteiger partial charge is 0.243 e. The molecular weight excluding hydrogens is 462 g/mol. The summed E-state index contributed by atoms with van der Waals surface area (Å²) in [5.41, 5.74) is 1.24. The van der Waals surface area contributed by atoms with Crippen molar-refractivity contribution in [3.8, 4) is 0 Å². The third-order valence-corrected chi connectivity index (χ3v) is 9.83. The third kappa shape index (κ3) is 6.20. The zero-order chi connectivity index (χ0) is 24.2. The van der Waals surface area contributed by atoms with Crippen molar-refractivity contribution in [3.05, 3.63) is 60.2 Å². The van der Waals surface area contributed by atoms with E-state index < -0.39 is 20.0 Å². The molecule has 180 valence electrons. The average molecular weight is 494 g/mol. The minimum Gasteiger partial charge on any atom is -0.326 e. The summed E-state index contributed by atoms with van der Waals surface area (Å²) in [6, 6.07) is 15.0. The maximum Gasteiger partial charge on any atom is 0.243 e. The molecule has 1 fully saturated rings. The monoisotopic (exact) mass is 493 g/mol. The Morgan fingerprint density at radius 3 is 2.12 bits per heavy atom. The fourth-order valence-electron chi connectivity index (χ4n) is 3.67. The number of hydrogen-bond acceptors (Lipinski definition) is 5. The highest BCUT2D eigenvalue weighted by Crippen LogP contribution is 2.24. The highest BCUT2D eigenvalue weighted by molar-refractivity contribution is 7.89. The first kappa shape index (κ1) is 25.4. The van der Waals surface area contributed by atoms with Gasteiger partial charge in [-0.05, 0) is 56.5 Å². The summed E-state index contributed by atoms with van der Waals surface area (Å²) in [5.74, 6) is -0.542. The van der Waals surface area contributed by atoms with Crippen molar-refractivity contribution < 1.29 is 21.6 Å². The minimum absolute atomic E-state index is 0.0496. The van der Waals surface area contributed by atoms with Crippen LogP contribution >= 0.6 is 0 Å². The molecule has 1 amide bonds. The van der Waals surface area contributed by atoms with Crippen LogP contribution in [-0.4, -0.2) is 57.5 Å². The number of nitrogens with one attached hydrogen (secondary N) is 1. The molecule has 8 nitrogen and oxygen atoms in total. The van der Waals surface area contributed by atoms with Gasteiger partial charge < -0.3 is 5.32 Å². The number of amides is 1. The number of nitrogens with zero attached hydrogens (tertiary/aromatic N) is 2. The first-order chi connectivity index (χ1) is 15.5. The van der Waals surface area contributed by atoms with Crippen molar-refractivity contribution in [1.82, 2.24) is 8.61 Å². The Morgan fingerprint density at radius 2 is 1.58 bits per heavy atom. The lowest BCUT2D eigenvalue weighted by Gasteiger charge is -2.30. The molecule has 2 aromatic rings. The lowest BCUT2D eigenvalue weighted by Crippen LogP contribution is -2.41. The van der Waals surface area contributed by atoms with Crippen LogP contribution in [0.1, 0.15) is 32.3 Å². The molecule has 0 atom stereocenters. The molecule has 0 aliphatic carbocycles. The van der Waals surface area contributed by atoms with E-state index in [1.54, 1.807) is 38.1 Å². The van der Waals surface area contributed by atoms with Crippen LogP contribution < -0.4 is 5.32 Å². The first-order valence-corrected chi connectivity index (χ1v) is 14.0. The van der Waals surface area contributed by atoms with Crippen molar-refractivity contribution in [1.29, 1.82) is 0 Å². The van der Waals surface area contributed by atoms with Gasteiger partial charge in [-0.25, -0.2) is 21.1 Å². The van der Waals surface area contributed by atoms with E-state index in [2.05, 4.69) is 5.32 Å². The second kappa shape index (κ2) is 10.3. The van der Waals surface area contributed by atoms with E-state index in [0.717, 1.165) is 5.56 Å². The number of carbonyl (C=O) groups is 1. The zero-order valence-corrected chi connectivity index (χ0v) is 20.8. The van der Waals surface area contributed by atoms with Gasteiger partial charge >= 0.3 is 0 Å². The summed E-state index contributed by atoms with van der Waals surface area (Å²) < 4.78 is 53.3. The lowest BCUT2D eigenvalue weighted by atomic mass is 9.97. The van der Waals surface area contributed by atoms with Gasteiger partial charge in [0.15, 0.2) is 0 Å². The van der Waals surface area contributed by atoms with Crippen molar-refractivity contribution in [2.45, 2.75) is 43.4 Å². The largest absolute Gasteiger partial charge is 0.326 e. The molecule has 0 unspecified atom stereocenters. The first-order valence-electron chi connectivity index (χ1n) is 10.9. The van der Waals surface area contributed by atoms with Crippen LogP contribution in [-0.2, 0) is 30.6 Å². The summed E-state index contributed by atoms with van der Waals surface area (Å²) in [6.45, 7) is 4.19. The van der Waals surface area contributed by atoms with E-state index >= 15 is 0 Å². The standard InChI is InChI=1S/C23H31N3O5S2/c1-18(2)25(3)33(30,31)22-11-9-21(10-12-22)24-23(27)20-13-15-26(16-14-20)32(28,29)17-19-7-5-4-6-8-19/h4-12,18,20H,13-17H2,1-3H3,(H,24,27). The van der Waals surface area contributed by atoms with Gasteiger partial charge in [-0.15, -0.1) is 0 Å². The van der Waals surface area contributed by atoms with Crippen molar-refractivity contribution in [2.75, 3.05) is 25.5 Å². The molecule has 10 heteroatoms. The number of piperidine rings is 1. The number of benzene rings is 2. The summed E-state index contributed by atoms with van der Waals surface area (Å²) in [4.78, 5) is 12.8. The van der Waals surface area contributed by atoms with Gasteiger partial charge in [0.25, 0.3) is 0 Å². The fourth-order valence-corrected chi connectivity index (χ4v) is 6.60. The molecule has 1 saturated heterocycles. The Labute approximate surface area is 196 Å². The topological polar surface area (TPSA) is 104 Å². The molecule has 1 N–H and O–H groups in total. The normalized spacial score (nSPS) is 16.3. The number of anilines is 1. The predicted octanol–water partition coefficient (Wildman–Crippen LogP) is 2.90. The number of hydrogen-bond donors (Lipinski definition) is 1. The van der Waals surface area contributed by atoms with Gasteiger partial charge in [-0.2, -0.15) is 4.31 Å². The molecule has 0 saturated carbocycles. The fraction of sp³-hybridized carbons (Fsp3) is 0.435. The molecule has 0 bridgehead atoms. The molecule has 3 rings (SSSR count). The lowest BCUT2D eigenvalue weighted by molar-refractivity contribution is -0.120. The summed E-state index contributed by atoms with van der Waals surface area (Å²) in [6.07, 6.45) is 0.872. The molecule has 33 heavy (non-hydrogen) atoms. The second-order valence-electron chi connectivity index (χ2n) is 8.54. The van der Waals surface area contributed by atoms with E-state index in [9.17, 15) is 21.6 Å². The van der Waals surface area contributed by atoms with E-state index in [-0.39, 0.29) is 28.5 Å². The molecular formula is C23H31N3O5S2. The molecule has 0 radical (unpaired) electrons. The summed E-state index contributed by atoms with van der Waals surface area (Å²) in [7, 11) is -5.49. The van der Waals surface area contributed by atoms with Crippen LogP contribution in [0, 0.1) is 5.92 Å². The Kier molecular flexibility index (Phi) is 7.94. The number of carbonyl (C=O) groups excluding carboxylic acids is 1. The van der Waals surface area contributed by atoms with E-state index in [1.807, 2.05) is 18.2 Å². The van der Waals surface area contributed by atoms with Crippen LogP contribution in [0.4, 0.5) is 5.69 Å². The van der Waals surface area contributed by atoms with Gasteiger partial charge in [0.05, 0.1) is 10.6 Å². The molecule has 1 aliphatic heterocycles. The summed E-state index contributed by atoms with van der Waals surface area (Å²) in [5, 5.41) is 2.82. The quantitative estimate of drug-likeness (QED) is 0.609. The molecule has 1 heterocycles. The van der Waals surface area contributed by atoms with E-state index in [4.69, 9.17) is 0 Å². The molecule has 1 aliphatic rings. The van der Waals surface area contributed by atoms with Crippen LogP contribution in [0.3, 0.4) is 0 Å². The average Bonchev–Trinajstić information content (AvgIpc) is 2.79. The van der Waals surface area contributed by atoms with E-state index in [0.29, 0.717) is 31.6 Å². The Balaban J connectivity index is 1.56. The van der Waals surface area contributed by atoms with Gasteiger partial charge in [-0.1, -0.05) is 30.3 Å². The van der Waals surface area contributed by atoms with Crippen LogP contribution in [0.2, 0.25) is 0 Å². The minimum atomic E-state index is -3.59. The maximum absolute atomic E-state index is 12.7. The number of sulfonamides is 2. The Morgan fingerprint density at radius 1 is 1.00 bits per heavy atom. The van der Waals surface area contributed by atoms with E-state index in [1.165, 1.54) is 27.8 Å². The molecule has 0 aromatic heterocycles. The second-order valence-corrected chi connectivity index (χ2v) is 12.5. The van der Waals surface area contributed by atoms with Crippen molar-refractivity contribution >= 4 is 31.6 Å². The predicted molar refractivity (Wildman–Crippen MR) is 129 cm³/mol. The van der Waals surface area contributed by atoms with Gasteiger partial charge in [0.2, 0.25) is 26.0 Å². The van der Waals surface area contributed by atoms with Crippen LogP contribution in [0.5, 0.6) is 0 Å². The van der Waals surface area contributed by atoms with Gasteiger partial charge in [0.1, 0.15) is 0 Å². The molecule has 0 spiro atoms. The maximum atomic E-state index is 12.7. The van der Waals surface area contributed by atoms with Crippen molar-refractivity contribution in [3.63, 3.8) is 0 Å². The third-order valence-electron chi connectivity index (χ3n) is 5.94. The van der Waals surface area contributed by atoms with Crippen LogP contribution in [0.15, 0.2) is 59.5 Å². The van der Waals surface area contributed by atoms with Gasteiger partial charge in [0, 0.05) is 37.8 Å².